The van der Waals surface area contributed by atoms with Gasteiger partial charge < -0.3 is 14.2 Å². The first kappa shape index (κ1) is 65.6. The van der Waals surface area contributed by atoms with Crippen molar-refractivity contribution in [1.82, 2.24) is 0 Å². The molecule has 0 aliphatic heterocycles. The fourth-order valence-corrected chi connectivity index (χ4v) is 8.04. The van der Waals surface area contributed by atoms with Crippen molar-refractivity contribution >= 4 is 17.9 Å². The lowest BCUT2D eigenvalue weighted by Crippen LogP contribution is -2.30. The fraction of sp³-hybridized carbons (Fsp3) is 0.730. The molecule has 0 aromatic carbocycles. The van der Waals surface area contributed by atoms with Crippen molar-refractivity contribution < 1.29 is 28.6 Å². The van der Waals surface area contributed by atoms with Crippen molar-refractivity contribution in [2.45, 2.75) is 284 Å². The Bertz CT molecular complexity index is 1330. The highest BCUT2D eigenvalue weighted by atomic mass is 16.6. The predicted octanol–water partition coefficient (Wildman–Crippen LogP) is 19.5. The molecule has 6 nitrogen and oxygen atoms in total. The summed E-state index contributed by atoms with van der Waals surface area (Å²) in [4.78, 5) is 38.0. The van der Waals surface area contributed by atoms with Gasteiger partial charge in [0, 0.05) is 19.3 Å². The topological polar surface area (TPSA) is 78.9 Å². The van der Waals surface area contributed by atoms with Crippen molar-refractivity contribution in [2.75, 3.05) is 13.2 Å². The van der Waals surface area contributed by atoms with Gasteiger partial charge in [-0.1, -0.05) is 254 Å². The molecule has 0 saturated heterocycles. The van der Waals surface area contributed by atoms with Gasteiger partial charge >= 0.3 is 17.9 Å². The van der Waals surface area contributed by atoms with Crippen LogP contribution in [0.15, 0.2) is 85.1 Å². The first-order chi connectivity index (χ1) is 34.0. The van der Waals surface area contributed by atoms with Crippen LogP contribution >= 0.6 is 0 Å². The molecule has 0 rings (SSSR count). The molecule has 6 heteroatoms. The molecular formula is C63H108O6. The van der Waals surface area contributed by atoms with Crippen LogP contribution in [0.1, 0.15) is 278 Å². The first-order valence-corrected chi connectivity index (χ1v) is 29.1. The molecule has 0 spiro atoms. The standard InChI is InChI=1S/C63H108O6/c1-4-7-10-13-16-19-22-24-26-27-28-29-30-31-32-33-34-35-36-37-38-40-41-44-47-50-53-56-62(65)68-59-60(58-67-61(64)55-52-49-46-43-21-18-15-12-9-6-3)69-63(66)57-54-51-48-45-42-39-25-23-20-17-14-11-8-5-2/h7,10,12,15-16,19,24,26,28-29,31-32,34-35,60H,4-6,8-9,11,13-14,17-18,20-23,25,27,30,33,36-59H2,1-3H3/b10-7-,15-12-,19-16-,26-24-,29-28-,32-31-,35-34-. The van der Waals surface area contributed by atoms with E-state index >= 15 is 0 Å². The first-order valence-electron chi connectivity index (χ1n) is 29.1. The van der Waals surface area contributed by atoms with E-state index in [0.717, 1.165) is 116 Å². The second kappa shape index (κ2) is 57.2. The number of carbonyl (C=O) groups excluding carboxylic acids is 3. The summed E-state index contributed by atoms with van der Waals surface area (Å²) in [6.07, 6.45) is 74.4. The van der Waals surface area contributed by atoms with Crippen molar-refractivity contribution in [3.05, 3.63) is 85.1 Å². The zero-order chi connectivity index (χ0) is 50.0. The summed E-state index contributed by atoms with van der Waals surface area (Å²) < 4.78 is 16.8. The van der Waals surface area contributed by atoms with Crippen LogP contribution < -0.4 is 0 Å². The smallest absolute Gasteiger partial charge is 0.306 e. The summed E-state index contributed by atoms with van der Waals surface area (Å²) in [6.45, 7) is 6.46. The van der Waals surface area contributed by atoms with Gasteiger partial charge in [-0.15, -0.1) is 0 Å². The maximum atomic E-state index is 12.8. The van der Waals surface area contributed by atoms with E-state index < -0.39 is 6.10 Å². The molecule has 0 aromatic heterocycles. The van der Waals surface area contributed by atoms with Crippen LogP contribution in [0.3, 0.4) is 0 Å². The van der Waals surface area contributed by atoms with Gasteiger partial charge in [-0.3, -0.25) is 14.4 Å². The second-order valence-corrected chi connectivity index (χ2v) is 19.2. The van der Waals surface area contributed by atoms with Crippen molar-refractivity contribution in [2.24, 2.45) is 0 Å². The normalized spacial score (nSPS) is 12.7. The van der Waals surface area contributed by atoms with Crippen LogP contribution in [0.25, 0.3) is 0 Å². The zero-order valence-corrected chi connectivity index (χ0v) is 45.3. The van der Waals surface area contributed by atoms with Crippen LogP contribution in [0.2, 0.25) is 0 Å². The minimum atomic E-state index is -0.780. The SMILES string of the molecule is CC/C=C\C/C=C\C/C=C\C/C=C\C/C=C\C/C=C\CCCCCCCCCCC(=O)OCC(COC(=O)CCCCCCC/C=C\CCC)OC(=O)CCCCCCCCCCCCCCCC. The molecule has 0 aromatic rings. The average molecular weight is 962 g/mol. The van der Waals surface area contributed by atoms with E-state index in [1.54, 1.807) is 0 Å². The largest absolute Gasteiger partial charge is 0.462 e. The Hall–Kier alpha value is -3.41. The molecule has 0 bridgehead atoms. The van der Waals surface area contributed by atoms with Crippen LogP contribution in [0.5, 0.6) is 0 Å². The molecule has 1 unspecified atom stereocenters. The van der Waals surface area contributed by atoms with E-state index in [1.165, 1.54) is 122 Å². The Balaban J connectivity index is 4.25. The van der Waals surface area contributed by atoms with Gasteiger partial charge in [-0.05, 0) is 89.9 Å². The van der Waals surface area contributed by atoms with Crippen molar-refractivity contribution in [1.29, 1.82) is 0 Å². The molecule has 1 atom stereocenters. The molecule has 0 aliphatic rings. The van der Waals surface area contributed by atoms with E-state index in [9.17, 15) is 14.4 Å². The van der Waals surface area contributed by atoms with Crippen LogP contribution in [0.4, 0.5) is 0 Å². The monoisotopic (exact) mass is 961 g/mol. The molecule has 0 saturated carbocycles. The minimum absolute atomic E-state index is 0.0813. The third-order valence-electron chi connectivity index (χ3n) is 12.4. The zero-order valence-electron chi connectivity index (χ0n) is 45.3. The number of hydrogen-bond donors (Lipinski definition) is 0. The fourth-order valence-electron chi connectivity index (χ4n) is 8.04. The molecule has 0 aliphatic carbocycles. The molecule has 0 radical (unpaired) electrons. The molecular weight excluding hydrogens is 853 g/mol. The van der Waals surface area contributed by atoms with Crippen LogP contribution in [-0.2, 0) is 28.6 Å². The van der Waals surface area contributed by atoms with Gasteiger partial charge in [0.15, 0.2) is 6.10 Å². The van der Waals surface area contributed by atoms with E-state index in [-0.39, 0.29) is 31.1 Å². The molecule has 396 valence electrons. The Kier molecular flexibility index (Phi) is 54.3. The average Bonchev–Trinajstić information content (AvgIpc) is 3.35. The molecule has 0 fully saturated rings. The highest BCUT2D eigenvalue weighted by molar-refractivity contribution is 5.71. The van der Waals surface area contributed by atoms with Gasteiger partial charge in [0.1, 0.15) is 13.2 Å². The lowest BCUT2D eigenvalue weighted by molar-refractivity contribution is -0.167. The number of carbonyl (C=O) groups is 3. The third-order valence-corrected chi connectivity index (χ3v) is 12.4. The lowest BCUT2D eigenvalue weighted by atomic mass is 10.0. The molecule has 69 heavy (non-hydrogen) atoms. The number of ether oxygens (including phenoxy) is 3. The number of hydrogen-bond acceptors (Lipinski definition) is 6. The highest BCUT2D eigenvalue weighted by Crippen LogP contribution is 2.16. The van der Waals surface area contributed by atoms with E-state index in [2.05, 4.69) is 106 Å². The van der Waals surface area contributed by atoms with Gasteiger partial charge in [-0.2, -0.15) is 0 Å². The van der Waals surface area contributed by atoms with Crippen LogP contribution in [0, 0.1) is 0 Å². The summed E-state index contributed by atoms with van der Waals surface area (Å²) in [5, 5.41) is 0. The van der Waals surface area contributed by atoms with Crippen LogP contribution in [-0.4, -0.2) is 37.2 Å². The van der Waals surface area contributed by atoms with Gasteiger partial charge in [0.05, 0.1) is 0 Å². The van der Waals surface area contributed by atoms with Gasteiger partial charge in [-0.25, -0.2) is 0 Å². The number of esters is 3. The Labute approximate surface area is 426 Å². The summed E-state index contributed by atoms with van der Waals surface area (Å²) >= 11 is 0. The Morgan fingerprint density at radius 1 is 0.304 bits per heavy atom. The highest BCUT2D eigenvalue weighted by Gasteiger charge is 2.19. The van der Waals surface area contributed by atoms with E-state index in [0.29, 0.717) is 19.3 Å². The molecule has 0 N–H and O–H groups in total. The maximum Gasteiger partial charge on any atom is 0.306 e. The summed E-state index contributed by atoms with van der Waals surface area (Å²) in [5.74, 6) is -0.893. The Morgan fingerprint density at radius 3 is 0.957 bits per heavy atom. The Morgan fingerprint density at radius 2 is 0.594 bits per heavy atom. The maximum absolute atomic E-state index is 12.8. The third kappa shape index (κ3) is 55.4. The number of unbranched alkanes of at least 4 members (excludes halogenated alkanes) is 27. The molecule has 0 amide bonds. The van der Waals surface area contributed by atoms with Gasteiger partial charge in [0.2, 0.25) is 0 Å². The summed E-state index contributed by atoms with van der Waals surface area (Å²) in [6, 6.07) is 0. The summed E-state index contributed by atoms with van der Waals surface area (Å²) in [7, 11) is 0. The van der Waals surface area contributed by atoms with E-state index in [1.807, 2.05) is 0 Å². The second-order valence-electron chi connectivity index (χ2n) is 19.2. The molecule has 0 heterocycles. The minimum Gasteiger partial charge on any atom is -0.462 e. The number of allylic oxidation sites excluding steroid dienone is 14. The lowest BCUT2D eigenvalue weighted by Gasteiger charge is -2.18. The van der Waals surface area contributed by atoms with Crippen molar-refractivity contribution in [3.63, 3.8) is 0 Å². The summed E-state index contributed by atoms with van der Waals surface area (Å²) in [5.41, 5.74) is 0. The van der Waals surface area contributed by atoms with E-state index in [4.69, 9.17) is 14.2 Å². The quantitative estimate of drug-likeness (QED) is 0.0262. The predicted molar refractivity (Wildman–Crippen MR) is 297 cm³/mol. The van der Waals surface area contributed by atoms with Crippen molar-refractivity contribution in [3.8, 4) is 0 Å². The van der Waals surface area contributed by atoms with Gasteiger partial charge in [0.25, 0.3) is 0 Å². The number of rotatable bonds is 52.